The van der Waals surface area contributed by atoms with E-state index in [1.807, 2.05) is 6.07 Å². The van der Waals surface area contributed by atoms with Crippen LogP contribution in [-0.2, 0) is 10.1 Å². The number of benzene rings is 2. The first-order valence-corrected chi connectivity index (χ1v) is 7.17. The average molecular weight is 298 g/mol. The Morgan fingerprint density at radius 1 is 0.950 bits per heavy atom. The van der Waals surface area contributed by atoms with Gasteiger partial charge in [-0.1, -0.05) is 12.1 Å². The van der Waals surface area contributed by atoms with Crippen LogP contribution in [-0.4, -0.2) is 8.42 Å². The SMILES string of the molecule is Cc1ccc(C)c(OS(=O)(=O)c2ccc(F)c(F)c2)c1. The lowest BCUT2D eigenvalue weighted by molar-refractivity contribution is 0.478. The predicted molar refractivity (Wildman–Crippen MR) is 70.1 cm³/mol. The fourth-order valence-electron chi connectivity index (χ4n) is 1.60. The Morgan fingerprint density at radius 3 is 2.30 bits per heavy atom. The van der Waals surface area contributed by atoms with Crippen molar-refractivity contribution in [2.24, 2.45) is 0 Å². The first-order chi connectivity index (χ1) is 9.29. The monoisotopic (exact) mass is 298 g/mol. The molecule has 0 N–H and O–H groups in total. The maximum atomic E-state index is 13.1. The highest BCUT2D eigenvalue weighted by molar-refractivity contribution is 7.87. The molecule has 2 aromatic carbocycles. The van der Waals surface area contributed by atoms with E-state index in [4.69, 9.17) is 4.18 Å². The van der Waals surface area contributed by atoms with Crippen molar-refractivity contribution in [2.75, 3.05) is 0 Å². The molecule has 2 aromatic rings. The van der Waals surface area contributed by atoms with Crippen LogP contribution in [0, 0.1) is 25.5 Å². The molecule has 20 heavy (non-hydrogen) atoms. The lowest BCUT2D eigenvalue weighted by Crippen LogP contribution is -2.11. The number of aryl methyl sites for hydroxylation is 2. The Hall–Kier alpha value is -1.95. The minimum absolute atomic E-state index is 0.162. The van der Waals surface area contributed by atoms with Gasteiger partial charge in [-0.25, -0.2) is 8.78 Å². The Morgan fingerprint density at radius 2 is 1.65 bits per heavy atom. The van der Waals surface area contributed by atoms with Gasteiger partial charge in [0.1, 0.15) is 10.6 Å². The van der Waals surface area contributed by atoms with Crippen molar-refractivity contribution >= 4 is 10.1 Å². The first-order valence-electron chi connectivity index (χ1n) is 5.76. The zero-order valence-corrected chi connectivity index (χ0v) is 11.7. The van der Waals surface area contributed by atoms with Crippen LogP contribution in [0.3, 0.4) is 0 Å². The van der Waals surface area contributed by atoms with E-state index >= 15 is 0 Å². The van der Waals surface area contributed by atoms with Gasteiger partial charge < -0.3 is 4.18 Å². The van der Waals surface area contributed by atoms with Crippen LogP contribution in [0.15, 0.2) is 41.3 Å². The number of hydrogen-bond donors (Lipinski definition) is 0. The molecule has 0 aromatic heterocycles. The predicted octanol–water partition coefficient (Wildman–Crippen LogP) is 3.35. The first kappa shape index (κ1) is 14.5. The van der Waals surface area contributed by atoms with Crippen LogP contribution in [0.1, 0.15) is 11.1 Å². The molecule has 0 aliphatic carbocycles. The minimum atomic E-state index is -4.20. The van der Waals surface area contributed by atoms with Gasteiger partial charge in [0.15, 0.2) is 11.6 Å². The van der Waals surface area contributed by atoms with Gasteiger partial charge in [0.25, 0.3) is 0 Å². The van der Waals surface area contributed by atoms with Crippen molar-refractivity contribution in [1.82, 2.24) is 0 Å². The van der Waals surface area contributed by atoms with Crippen molar-refractivity contribution in [3.8, 4) is 5.75 Å². The highest BCUT2D eigenvalue weighted by Crippen LogP contribution is 2.24. The van der Waals surface area contributed by atoms with E-state index in [0.717, 1.165) is 17.7 Å². The molecule has 0 saturated heterocycles. The van der Waals surface area contributed by atoms with Crippen LogP contribution >= 0.6 is 0 Å². The molecule has 0 unspecified atom stereocenters. The van der Waals surface area contributed by atoms with Crippen molar-refractivity contribution < 1.29 is 21.4 Å². The highest BCUT2D eigenvalue weighted by Gasteiger charge is 2.19. The summed E-state index contributed by atoms with van der Waals surface area (Å²) in [5.74, 6) is -2.19. The van der Waals surface area contributed by atoms with Crippen LogP contribution < -0.4 is 4.18 Å². The van der Waals surface area contributed by atoms with Crippen LogP contribution in [0.25, 0.3) is 0 Å². The second kappa shape index (κ2) is 5.20. The van der Waals surface area contributed by atoms with Gasteiger partial charge in [0.05, 0.1) is 0 Å². The van der Waals surface area contributed by atoms with Crippen molar-refractivity contribution in [3.63, 3.8) is 0 Å². The molecule has 2 rings (SSSR count). The summed E-state index contributed by atoms with van der Waals surface area (Å²) < 4.78 is 54.9. The molecule has 6 heteroatoms. The lowest BCUT2D eigenvalue weighted by Gasteiger charge is -2.10. The molecule has 0 amide bonds. The van der Waals surface area contributed by atoms with Gasteiger partial charge >= 0.3 is 10.1 Å². The van der Waals surface area contributed by atoms with Crippen molar-refractivity contribution in [2.45, 2.75) is 18.7 Å². The van der Waals surface area contributed by atoms with Gasteiger partial charge in [-0.15, -0.1) is 0 Å². The number of rotatable bonds is 3. The van der Waals surface area contributed by atoms with Crippen molar-refractivity contribution in [1.29, 1.82) is 0 Å². The van der Waals surface area contributed by atoms with Gasteiger partial charge in [-0.05, 0) is 49.2 Å². The molecule has 0 heterocycles. The number of hydrogen-bond acceptors (Lipinski definition) is 3. The molecule has 106 valence electrons. The molecule has 0 bridgehead atoms. The molecule has 0 aliphatic rings. The van der Waals surface area contributed by atoms with Gasteiger partial charge in [-0.2, -0.15) is 8.42 Å². The molecule has 3 nitrogen and oxygen atoms in total. The van der Waals surface area contributed by atoms with Crippen molar-refractivity contribution in [3.05, 3.63) is 59.2 Å². The summed E-state index contributed by atoms with van der Waals surface area (Å²) in [6, 6.07) is 7.38. The zero-order valence-electron chi connectivity index (χ0n) is 10.9. The van der Waals surface area contributed by atoms with E-state index < -0.39 is 26.6 Å². The summed E-state index contributed by atoms with van der Waals surface area (Å²) in [5.41, 5.74) is 1.45. The molecule has 0 aliphatic heterocycles. The molecule has 0 atom stereocenters. The molecule has 0 radical (unpaired) electrons. The summed E-state index contributed by atoms with van der Waals surface area (Å²) in [4.78, 5) is -0.433. The average Bonchev–Trinajstić information content (AvgIpc) is 2.36. The topological polar surface area (TPSA) is 43.4 Å². The summed E-state index contributed by atoms with van der Waals surface area (Å²) in [5, 5.41) is 0. The maximum absolute atomic E-state index is 13.1. The van der Waals surface area contributed by atoms with Gasteiger partial charge in [0.2, 0.25) is 0 Å². The summed E-state index contributed by atoms with van der Waals surface area (Å²) >= 11 is 0. The summed E-state index contributed by atoms with van der Waals surface area (Å²) in [6.07, 6.45) is 0. The maximum Gasteiger partial charge on any atom is 0.339 e. The minimum Gasteiger partial charge on any atom is -0.379 e. The number of halogens is 2. The van der Waals surface area contributed by atoms with E-state index in [2.05, 4.69) is 0 Å². The van der Waals surface area contributed by atoms with Gasteiger partial charge in [-0.3, -0.25) is 0 Å². The molecule has 0 saturated carbocycles. The standard InChI is InChI=1S/C14H12F2O3S/c1-9-3-4-10(2)14(7-9)19-20(17,18)11-5-6-12(15)13(16)8-11/h3-8H,1-2H3. The third-order valence-electron chi connectivity index (χ3n) is 2.72. The lowest BCUT2D eigenvalue weighted by atomic mass is 10.1. The van der Waals surface area contributed by atoms with E-state index in [0.29, 0.717) is 11.6 Å². The largest absolute Gasteiger partial charge is 0.379 e. The summed E-state index contributed by atoms with van der Waals surface area (Å²) in [6.45, 7) is 3.48. The van der Waals surface area contributed by atoms with Gasteiger partial charge in [0, 0.05) is 0 Å². The molecule has 0 fully saturated rings. The third kappa shape index (κ3) is 2.96. The second-order valence-corrected chi connectivity index (χ2v) is 5.93. The smallest absolute Gasteiger partial charge is 0.339 e. The second-order valence-electron chi connectivity index (χ2n) is 4.38. The quantitative estimate of drug-likeness (QED) is 0.816. The fourth-order valence-corrected chi connectivity index (χ4v) is 2.59. The molecular weight excluding hydrogens is 286 g/mol. The Labute approximate surface area is 115 Å². The third-order valence-corrected chi connectivity index (χ3v) is 3.95. The van der Waals surface area contributed by atoms with E-state index in [-0.39, 0.29) is 5.75 Å². The highest BCUT2D eigenvalue weighted by atomic mass is 32.2. The fraction of sp³-hybridized carbons (Fsp3) is 0.143. The van der Waals surface area contributed by atoms with E-state index in [1.54, 1.807) is 26.0 Å². The Bertz CT molecular complexity index is 755. The normalized spacial score (nSPS) is 11.4. The Kier molecular flexibility index (Phi) is 3.76. The van der Waals surface area contributed by atoms with E-state index in [1.165, 1.54) is 0 Å². The zero-order chi connectivity index (χ0) is 14.9. The van der Waals surface area contributed by atoms with Crippen LogP contribution in [0.5, 0.6) is 5.75 Å². The molecule has 0 spiro atoms. The molecular formula is C14H12F2O3S. The van der Waals surface area contributed by atoms with Crippen LogP contribution in [0.4, 0.5) is 8.78 Å². The Balaban J connectivity index is 2.40. The van der Waals surface area contributed by atoms with E-state index in [9.17, 15) is 17.2 Å². The summed E-state index contributed by atoms with van der Waals surface area (Å²) in [7, 11) is -4.20. The van der Waals surface area contributed by atoms with Crippen LogP contribution in [0.2, 0.25) is 0 Å².